The van der Waals surface area contributed by atoms with Crippen molar-refractivity contribution in [2.24, 2.45) is 11.8 Å². The van der Waals surface area contributed by atoms with E-state index in [4.69, 9.17) is 14.9 Å². The van der Waals surface area contributed by atoms with Crippen LogP contribution in [0.1, 0.15) is 25.7 Å². The van der Waals surface area contributed by atoms with Crippen LogP contribution in [0.3, 0.4) is 0 Å². The monoisotopic (exact) mass is 265 g/mol. The summed E-state index contributed by atoms with van der Waals surface area (Å²) in [6.07, 6.45) is 1.67. The molecule has 17 heavy (non-hydrogen) atoms. The molecule has 0 aromatic rings. The number of aliphatic carboxylic acids is 1. The van der Waals surface area contributed by atoms with E-state index in [0.29, 0.717) is 12.8 Å². The highest BCUT2D eigenvalue weighted by Gasteiger charge is 2.36. The summed E-state index contributed by atoms with van der Waals surface area (Å²) in [5.41, 5.74) is 0. The van der Waals surface area contributed by atoms with Crippen LogP contribution < -0.4 is 5.32 Å². The molecule has 1 rings (SSSR count). The lowest BCUT2D eigenvalue weighted by Gasteiger charge is -2.27. The molecule has 0 saturated heterocycles. The normalized spacial score (nSPS) is 25.3. The van der Waals surface area contributed by atoms with Crippen molar-refractivity contribution in [2.45, 2.75) is 25.7 Å². The van der Waals surface area contributed by atoms with E-state index in [1.54, 1.807) is 0 Å². The smallest absolute Gasteiger partial charge is 0.344 e. The molecule has 0 spiro atoms. The van der Waals surface area contributed by atoms with Crippen molar-refractivity contribution in [1.29, 1.82) is 0 Å². The van der Waals surface area contributed by atoms with Gasteiger partial charge in [-0.25, -0.2) is 0 Å². The quantitative estimate of drug-likeness (QED) is 0.535. The summed E-state index contributed by atoms with van der Waals surface area (Å²) >= 11 is 0. The number of carboxylic acids is 1. The van der Waals surface area contributed by atoms with E-state index >= 15 is 0 Å². The maximum Gasteiger partial charge on any atom is 0.344 e. The van der Waals surface area contributed by atoms with Gasteiger partial charge in [0.2, 0.25) is 5.91 Å². The van der Waals surface area contributed by atoms with Crippen molar-refractivity contribution in [3.63, 3.8) is 0 Å². The van der Waals surface area contributed by atoms with Crippen LogP contribution in [0, 0.1) is 11.8 Å². The molecule has 1 saturated carbocycles. The molecule has 2 atom stereocenters. The lowest BCUT2D eigenvalue weighted by atomic mass is 9.79. The molecule has 1 amide bonds. The van der Waals surface area contributed by atoms with E-state index in [9.17, 15) is 14.2 Å². The summed E-state index contributed by atoms with van der Waals surface area (Å²) in [6.45, 7) is 0. The second-order valence-corrected chi connectivity index (χ2v) is 5.85. The van der Waals surface area contributed by atoms with Gasteiger partial charge in [0.15, 0.2) is 0 Å². The fourth-order valence-corrected chi connectivity index (χ4v) is 2.41. The molecule has 98 valence electrons. The SMILES string of the molecule is O=C(O)C1CCCCC1C(=O)NCP(=O)(O)O. The van der Waals surface area contributed by atoms with Gasteiger partial charge in [0.05, 0.1) is 11.8 Å². The highest BCUT2D eigenvalue weighted by Crippen LogP contribution is 2.34. The lowest BCUT2D eigenvalue weighted by molar-refractivity contribution is -0.148. The second-order valence-electron chi connectivity index (χ2n) is 4.20. The summed E-state index contributed by atoms with van der Waals surface area (Å²) in [5, 5.41) is 11.1. The minimum atomic E-state index is -4.29. The van der Waals surface area contributed by atoms with Gasteiger partial charge < -0.3 is 20.2 Å². The van der Waals surface area contributed by atoms with Crippen LogP contribution in [-0.4, -0.2) is 33.1 Å². The van der Waals surface area contributed by atoms with Crippen LogP contribution >= 0.6 is 7.60 Å². The predicted octanol–water partition coefficient (Wildman–Crippen LogP) is 0.129. The first-order valence-electron chi connectivity index (χ1n) is 5.36. The van der Waals surface area contributed by atoms with Crippen molar-refractivity contribution in [3.8, 4) is 0 Å². The zero-order valence-electron chi connectivity index (χ0n) is 9.20. The first-order chi connectivity index (χ1) is 7.81. The highest BCUT2D eigenvalue weighted by atomic mass is 31.2. The summed E-state index contributed by atoms with van der Waals surface area (Å²) in [5.74, 6) is -3.05. The van der Waals surface area contributed by atoms with Crippen LogP contribution in [-0.2, 0) is 14.2 Å². The molecular formula is C9H16NO6P. The van der Waals surface area contributed by atoms with Gasteiger partial charge in [-0.15, -0.1) is 0 Å². The van der Waals surface area contributed by atoms with Crippen molar-refractivity contribution in [1.82, 2.24) is 5.32 Å². The number of nitrogens with one attached hydrogen (secondary N) is 1. The molecule has 0 radical (unpaired) electrons. The van der Waals surface area contributed by atoms with Crippen LogP contribution in [0.5, 0.6) is 0 Å². The van der Waals surface area contributed by atoms with Gasteiger partial charge in [-0.3, -0.25) is 14.2 Å². The molecule has 0 aromatic carbocycles. The first kappa shape index (κ1) is 14.2. The average molecular weight is 265 g/mol. The Morgan fingerprint density at radius 1 is 1.18 bits per heavy atom. The van der Waals surface area contributed by atoms with Crippen molar-refractivity contribution in [2.75, 3.05) is 6.29 Å². The summed E-state index contributed by atoms with van der Waals surface area (Å²) in [7, 11) is -4.29. The Morgan fingerprint density at radius 2 is 1.71 bits per heavy atom. The minimum absolute atomic E-state index is 0.434. The topological polar surface area (TPSA) is 124 Å². The molecule has 1 fully saturated rings. The molecule has 0 aliphatic heterocycles. The Hall–Kier alpha value is -0.910. The number of carbonyl (C=O) groups excluding carboxylic acids is 1. The zero-order valence-corrected chi connectivity index (χ0v) is 10.1. The van der Waals surface area contributed by atoms with Gasteiger partial charge in [-0.2, -0.15) is 0 Å². The molecule has 0 aromatic heterocycles. The molecule has 8 heteroatoms. The number of rotatable bonds is 4. The number of carboxylic acid groups (broad SMARTS) is 1. The van der Waals surface area contributed by atoms with Crippen LogP contribution in [0.2, 0.25) is 0 Å². The average Bonchev–Trinajstić information content (AvgIpc) is 2.25. The van der Waals surface area contributed by atoms with Gasteiger partial charge in [0.25, 0.3) is 0 Å². The second kappa shape index (κ2) is 5.62. The summed E-state index contributed by atoms with van der Waals surface area (Å²) < 4.78 is 10.6. The van der Waals surface area contributed by atoms with E-state index in [2.05, 4.69) is 5.32 Å². The lowest BCUT2D eigenvalue weighted by Crippen LogP contribution is -2.40. The van der Waals surface area contributed by atoms with Gasteiger partial charge in [0, 0.05) is 0 Å². The molecule has 0 bridgehead atoms. The predicted molar refractivity (Wildman–Crippen MR) is 58.1 cm³/mol. The molecule has 4 N–H and O–H groups in total. The largest absolute Gasteiger partial charge is 0.481 e. The standard InChI is InChI=1S/C9H16NO6P/c11-8(10-5-17(14,15)16)6-3-1-2-4-7(6)9(12)13/h6-7H,1-5H2,(H,10,11)(H,12,13)(H2,14,15,16). The van der Waals surface area contributed by atoms with Gasteiger partial charge >= 0.3 is 13.6 Å². The third-order valence-corrected chi connectivity index (χ3v) is 3.45. The summed E-state index contributed by atoms with van der Waals surface area (Å²) in [4.78, 5) is 39.8. The zero-order chi connectivity index (χ0) is 13.1. The van der Waals surface area contributed by atoms with Gasteiger partial charge in [0.1, 0.15) is 6.29 Å². The fraction of sp³-hybridized carbons (Fsp3) is 0.778. The molecule has 0 heterocycles. The number of hydrogen-bond donors (Lipinski definition) is 4. The Morgan fingerprint density at radius 3 is 2.18 bits per heavy atom. The fourth-order valence-electron chi connectivity index (χ4n) is 2.05. The van der Waals surface area contributed by atoms with Gasteiger partial charge in [-0.05, 0) is 12.8 Å². The molecule has 1 aliphatic carbocycles. The summed E-state index contributed by atoms with van der Waals surface area (Å²) in [6, 6.07) is 0. The third kappa shape index (κ3) is 4.46. The molecular weight excluding hydrogens is 249 g/mol. The van der Waals surface area contributed by atoms with E-state index in [1.807, 2.05) is 0 Å². The maximum atomic E-state index is 11.6. The Bertz CT molecular complexity index is 351. The Kier molecular flexibility index (Phi) is 4.68. The number of hydrogen-bond acceptors (Lipinski definition) is 3. The van der Waals surface area contributed by atoms with Crippen molar-refractivity contribution in [3.05, 3.63) is 0 Å². The Balaban J connectivity index is 2.59. The first-order valence-corrected chi connectivity index (χ1v) is 7.16. The van der Waals surface area contributed by atoms with Crippen molar-refractivity contribution < 1.29 is 29.0 Å². The van der Waals surface area contributed by atoms with E-state index < -0.39 is 37.6 Å². The van der Waals surface area contributed by atoms with Crippen LogP contribution in [0.15, 0.2) is 0 Å². The molecule has 7 nitrogen and oxygen atoms in total. The van der Waals surface area contributed by atoms with E-state index in [1.165, 1.54) is 0 Å². The van der Waals surface area contributed by atoms with Crippen LogP contribution in [0.4, 0.5) is 0 Å². The highest BCUT2D eigenvalue weighted by molar-refractivity contribution is 7.51. The van der Waals surface area contributed by atoms with Crippen molar-refractivity contribution >= 4 is 19.5 Å². The molecule has 1 aliphatic rings. The minimum Gasteiger partial charge on any atom is -0.481 e. The van der Waals surface area contributed by atoms with Crippen LogP contribution in [0.25, 0.3) is 0 Å². The van der Waals surface area contributed by atoms with E-state index in [0.717, 1.165) is 12.8 Å². The number of amides is 1. The molecule has 2 unspecified atom stereocenters. The van der Waals surface area contributed by atoms with Gasteiger partial charge in [-0.1, -0.05) is 12.8 Å². The third-order valence-electron chi connectivity index (χ3n) is 2.88. The van der Waals surface area contributed by atoms with E-state index in [-0.39, 0.29) is 0 Å². The number of carbonyl (C=O) groups is 2. The maximum absolute atomic E-state index is 11.6. The Labute approximate surface area is 98.4 Å².